The average Bonchev–Trinajstić information content (AvgIpc) is 3.34. The lowest BCUT2D eigenvalue weighted by Gasteiger charge is -2.09. The Labute approximate surface area is 231 Å². The Morgan fingerprint density at radius 2 is 2.08 bits per heavy atom. The van der Waals surface area contributed by atoms with Crippen LogP contribution in [0, 0.1) is 5.82 Å². The number of pyridine rings is 2. The van der Waals surface area contributed by atoms with Crippen LogP contribution in [0.15, 0.2) is 43.2 Å². The van der Waals surface area contributed by atoms with E-state index in [9.17, 15) is 14.0 Å². The number of amides is 1. The van der Waals surface area contributed by atoms with Gasteiger partial charge in [0.05, 0.1) is 48.6 Å². The first-order chi connectivity index (χ1) is 19.4. The van der Waals surface area contributed by atoms with Crippen LogP contribution in [0.4, 0.5) is 4.39 Å². The van der Waals surface area contributed by atoms with Gasteiger partial charge in [0.1, 0.15) is 5.52 Å². The van der Waals surface area contributed by atoms with Crippen molar-refractivity contribution in [3.8, 4) is 5.75 Å². The number of nitrogens with zero attached hydrogens (tertiary/aromatic N) is 7. The summed E-state index contributed by atoms with van der Waals surface area (Å²) in [6.07, 6.45) is 10.6. The minimum absolute atomic E-state index is 0.0240. The Kier molecular flexibility index (Phi) is 6.80. The molecule has 1 aliphatic carbocycles. The highest BCUT2D eigenvalue weighted by molar-refractivity contribution is 6.31. The molecule has 14 heteroatoms. The van der Waals surface area contributed by atoms with Crippen LogP contribution in [-0.2, 0) is 22.6 Å². The van der Waals surface area contributed by atoms with Gasteiger partial charge in [0.15, 0.2) is 29.5 Å². The van der Waals surface area contributed by atoms with E-state index >= 15 is 0 Å². The summed E-state index contributed by atoms with van der Waals surface area (Å²) in [6.45, 7) is 2.02. The van der Waals surface area contributed by atoms with Gasteiger partial charge in [0, 0.05) is 18.6 Å². The fourth-order valence-corrected chi connectivity index (χ4v) is 4.56. The van der Waals surface area contributed by atoms with Crippen LogP contribution in [0.1, 0.15) is 53.1 Å². The number of fused-ring (bicyclic) bond motifs is 2. The third-order valence-electron chi connectivity index (χ3n) is 6.47. The van der Waals surface area contributed by atoms with Crippen molar-refractivity contribution >= 4 is 34.6 Å². The molecule has 1 amide bonds. The molecule has 6 rings (SSSR count). The molecule has 1 N–H and O–H groups in total. The van der Waals surface area contributed by atoms with E-state index in [1.165, 1.54) is 27.7 Å². The summed E-state index contributed by atoms with van der Waals surface area (Å²) >= 11 is 5.89. The monoisotopic (exact) mass is 566 g/mol. The molecule has 0 radical (unpaired) electrons. The molecule has 12 nitrogen and oxygen atoms in total. The second-order valence-electron chi connectivity index (χ2n) is 9.38. The van der Waals surface area contributed by atoms with E-state index in [-0.39, 0.29) is 42.5 Å². The maximum atomic E-state index is 14.5. The minimum Gasteiger partial charge on any atom is -0.478 e. The van der Waals surface area contributed by atoms with E-state index in [0.717, 1.165) is 18.4 Å². The maximum Gasteiger partial charge on any atom is 0.344 e. The van der Waals surface area contributed by atoms with Crippen molar-refractivity contribution in [3.63, 3.8) is 0 Å². The van der Waals surface area contributed by atoms with Crippen molar-refractivity contribution in [1.82, 2.24) is 39.1 Å². The number of hydrogen-bond donors (Lipinski definition) is 1. The van der Waals surface area contributed by atoms with Gasteiger partial charge in [-0.25, -0.2) is 23.8 Å². The SMILES string of the molecule is CCOC(=O)COc1cc(C2CC2)cn2cc(Cn3cc(C(=O)NCc4ncn5ccc(Cl)c(F)c45)nn3)nc12. The van der Waals surface area contributed by atoms with E-state index in [1.54, 1.807) is 13.1 Å². The van der Waals surface area contributed by atoms with Crippen molar-refractivity contribution in [2.45, 2.75) is 38.8 Å². The standard InChI is InChI=1S/C26H24ClFN8O4/c1-2-39-22(37)13-40-21-7-16(15-3-4-15)9-35-10-17(31-25(21)35)11-36-12-20(32-33-36)26(38)29-8-19-24-23(28)18(27)5-6-34(24)14-30-19/h5-7,9-10,12,14-15H,2-4,8,11,13H2,1H3,(H,29,38). The first-order valence-electron chi connectivity index (χ1n) is 12.7. The molecule has 0 aliphatic heterocycles. The molecule has 1 saturated carbocycles. The summed E-state index contributed by atoms with van der Waals surface area (Å²) in [7, 11) is 0. The lowest BCUT2D eigenvalue weighted by atomic mass is 10.2. The smallest absolute Gasteiger partial charge is 0.344 e. The molecule has 1 aliphatic rings. The van der Waals surface area contributed by atoms with E-state index in [0.29, 0.717) is 28.7 Å². The van der Waals surface area contributed by atoms with E-state index in [2.05, 4.69) is 25.6 Å². The summed E-state index contributed by atoms with van der Waals surface area (Å²) in [5.41, 5.74) is 2.93. The highest BCUT2D eigenvalue weighted by atomic mass is 35.5. The van der Waals surface area contributed by atoms with Gasteiger partial charge in [-0.3, -0.25) is 4.79 Å². The van der Waals surface area contributed by atoms with Crippen molar-refractivity contribution < 1.29 is 23.5 Å². The van der Waals surface area contributed by atoms with Gasteiger partial charge in [-0.1, -0.05) is 16.8 Å². The van der Waals surface area contributed by atoms with Crippen molar-refractivity contribution in [2.75, 3.05) is 13.2 Å². The minimum atomic E-state index is -0.608. The molecule has 1 fully saturated rings. The van der Waals surface area contributed by atoms with Crippen LogP contribution in [0.3, 0.4) is 0 Å². The Hall–Kier alpha value is -4.52. The van der Waals surface area contributed by atoms with Gasteiger partial charge in [-0.15, -0.1) is 5.10 Å². The number of carbonyl (C=O) groups excluding carboxylic acids is 2. The average molecular weight is 567 g/mol. The highest BCUT2D eigenvalue weighted by Gasteiger charge is 2.26. The predicted molar refractivity (Wildman–Crippen MR) is 140 cm³/mol. The normalized spacial score (nSPS) is 13.2. The second kappa shape index (κ2) is 10.6. The number of hydrogen-bond acceptors (Lipinski definition) is 8. The summed E-state index contributed by atoms with van der Waals surface area (Å²) in [5.74, 6) is -0.596. The Morgan fingerprint density at radius 1 is 1.23 bits per heavy atom. The Morgan fingerprint density at radius 3 is 2.88 bits per heavy atom. The Bertz CT molecular complexity index is 1740. The first-order valence-corrected chi connectivity index (χ1v) is 13.0. The number of rotatable bonds is 10. The molecular formula is C26H24ClFN8O4. The van der Waals surface area contributed by atoms with Gasteiger partial charge in [-0.05, 0) is 43.4 Å². The lowest BCUT2D eigenvalue weighted by Crippen LogP contribution is -2.23. The summed E-state index contributed by atoms with van der Waals surface area (Å²) in [5, 5.41) is 10.7. The van der Waals surface area contributed by atoms with Gasteiger partial charge in [-0.2, -0.15) is 0 Å². The maximum absolute atomic E-state index is 14.5. The molecule has 5 aromatic heterocycles. The van der Waals surface area contributed by atoms with Crippen LogP contribution in [0.2, 0.25) is 5.02 Å². The molecule has 0 spiro atoms. The largest absolute Gasteiger partial charge is 0.478 e. The van der Waals surface area contributed by atoms with Gasteiger partial charge < -0.3 is 23.6 Å². The molecule has 0 bridgehead atoms. The zero-order chi connectivity index (χ0) is 27.8. The molecule has 0 atom stereocenters. The number of esters is 1. The lowest BCUT2D eigenvalue weighted by molar-refractivity contribution is -0.145. The first kappa shape index (κ1) is 25.7. The summed E-state index contributed by atoms with van der Waals surface area (Å²) in [4.78, 5) is 33.4. The fraction of sp³-hybridized carbons (Fsp3) is 0.308. The van der Waals surface area contributed by atoms with Gasteiger partial charge in [0.25, 0.3) is 5.91 Å². The second-order valence-corrected chi connectivity index (χ2v) is 9.78. The number of ether oxygens (including phenoxy) is 2. The molecule has 40 heavy (non-hydrogen) atoms. The van der Waals surface area contributed by atoms with E-state index < -0.39 is 17.7 Å². The molecule has 5 aromatic rings. The van der Waals surface area contributed by atoms with Crippen LogP contribution in [0.5, 0.6) is 5.75 Å². The van der Waals surface area contributed by atoms with Crippen LogP contribution >= 0.6 is 11.6 Å². The van der Waals surface area contributed by atoms with E-state index in [1.807, 2.05) is 22.9 Å². The summed E-state index contributed by atoms with van der Waals surface area (Å²) < 4.78 is 30.0. The number of carbonyl (C=O) groups is 2. The number of nitrogens with one attached hydrogen (secondary N) is 1. The fourth-order valence-electron chi connectivity index (χ4n) is 4.42. The predicted octanol–water partition coefficient (Wildman–Crippen LogP) is 3.16. The molecule has 5 heterocycles. The highest BCUT2D eigenvalue weighted by Crippen LogP contribution is 2.41. The van der Waals surface area contributed by atoms with Crippen molar-refractivity contribution in [3.05, 3.63) is 76.7 Å². The zero-order valence-electron chi connectivity index (χ0n) is 21.4. The number of halogens is 2. The topological polar surface area (TPSA) is 130 Å². The summed E-state index contributed by atoms with van der Waals surface area (Å²) in [6, 6.07) is 3.35. The molecular weight excluding hydrogens is 543 g/mol. The van der Waals surface area contributed by atoms with Gasteiger partial charge >= 0.3 is 5.97 Å². The number of aromatic nitrogens is 7. The quantitative estimate of drug-likeness (QED) is 0.255. The van der Waals surface area contributed by atoms with E-state index in [4.69, 9.17) is 21.1 Å². The molecule has 0 aromatic carbocycles. The Balaban J connectivity index is 1.15. The zero-order valence-corrected chi connectivity index (χ0v) is 22.1. The molecule has 0 saturated heterocycles. The molecule has 206 valence electrons. The van der Waals surface area contributed by atoms with Crippen molar-refractivity contribution in [2.24, 2.45) is 0 Å². The van der Waals surface area contributed by atoms with Gasteiger partial charge in [0.2, 0.25) is 0 Å². The van der Waals surface area contributed by atoms with Crippen LogP contribution in [0.25, 0.3) is 11.2 Å². The number of imidazole rings is 2. The van der Waals surface area contributed by atoms with Crippen molar-refractivity contribution in [1.29, 1.82) is 0 Å². The van der Waals surface area contributed by atoms with Crippen LogP contribution in [-0.4, -0.2) is 58.9 Å². The van der Waals surface area contributed by atoms with Crippen LogP contribution < -0.4 is 10.1 Å². The third-order valence-corrected chi connectivity index (χ3v) is 6.76. The molecule has 0 unspecified atom stereocenters. The third kappa shape index (κ3) is 5.19.